The summed E-state index contributed by atoms with van der Waals surface area (Å²) in [5.74, 6) is 0. The van der Waals surface area contributed by atoms with Crippen LogP contribution in [0.5, 0.6) is 0 Å². The smallest absolute Gasteiger partial charge is 0.0897 e. The second kappa shape index (κ2) is 6.63. The summed E-state index contributed by atoms with van der Waals surface area (Å²) in [4.78, 5) is 0. The number of aliphatic hydroxyl groups is 1. The molecule has 1 aromatic rings. The van der Waals surface area contributed by atoms with Gasteiger partial charge < -0.3 is 15.2 Å². The fourth-order valence-electron chi connectivity index (χ4n) is 1.67. The Bertz CT molecular complexity index is 326. The second-order valence-corrected chi connectivity index (χ2v) is 4.17. The summed E-state index contributed by atoms with van der Waals surface area (Å²) in [7, 11) is 1.59. The average molecular weight is 223 g/mol. The van der Waals surface area contributed by atoms with Crippen molar-refractivity contribution in [1.29, 1.82) is 0 Å². The molecule has 0 saturated heterocycles. The number of methoxy groups -OCH3 is 1. The van der Waals surface area contributed by atoms with Crippen molar-refractivity contribution in [3.63, 3.8) is 0 Å². The van der Waals surface area contributed by atoms with Gasteiger partial charge in [0.05, 0.1) is 12.7 Å². The molecule has 0 aliphatic carbocycles. The summed E-state index contributed by atoms with van der Waals surface area (Å²) in [5.41, 5.74) is 3.84. The monoisotopic (exact) mass is 223 g/mol. The maximum atomic E-state index is 9.45. The minimum absolute atomic E-state index is 0.375. The predicted octanol–water partition coefficient (Wildman–Crippen LogP) is 1.40. The highest BCUT2D eigenvalue weighted by Gasteiger charge is 2.03. The zero-order valence-electron chi connectivity index (χ0n) is 10.3. The predicted molar refractivity (Wildman–Crippen MR) is 65.5 cm³/mol. The first-order valence-corrected chi connectivity index (χ1v) is 5.57. The van der Waals surface area contributed by atoms with Crippen molar-refractivity contribution in [2.75, 3.05) is 20.3 Å². The highest BCUT2D eigenvalue weighted by atomic mass is 16.5. The molecule has 0 aliphatic rings. The van der Waals surface area contributed by atoms with Crippen LogP contribution in [0.15, 0.2) is 18.2 Å². The lowest BCUT2D eigenvalue weighted by Crippen LogP contribution is -2.29. The maximum Gasteiger partial charge on any atom is 0.0897 e. The first kappa shape index (κ1) is 13.2. The number of rotatable bonds is 6. The zero-order chi connectivity index (χ0) is 12.0. The topological polar surface area (TPSA) is 41.5 Å². The summed E-state index contributed by atoms with van der Waals surface area (Å²) in [6.07, 6.45) is -0.434. The Kier molecular flexibility index (Phi) is 5.46. The van der Waals surface area contributed by atoms with E-state index < -0.39 is 6.10 Å². The van der Waals surface area contributed by atoms with E-state index >= 15 is 0 Å². The molecule has 3 nitrogen and oxygen atoms in total. The summed E-state index contributed by atoms with van der Waals surface area (Å²) in [6.45, 7) is 5.91. The van der Waals surface area contributed by atoms with Crippen molar-refractivity contribution in [1.82, 2.24) is 5.32 Å². The van der Waals surface area contributed by atoms with Gasteiger partial charge in [0.25, 0.3) is 0 Å². The Morgan fingerprint density at radius 1 is 1.38 bits per heavy atom. The fraction of sp³-hybridized carbons (Fsp3) is 0.538. The molecule has 0 aromatic heterocycles. The van der Waals surface area contributed by atoms with Gasteiger partial charge in [-0.25, -0.2) is 0 Å². The third-order valence-corrected chi connectivity index (χ3v) is 2.55. The van der Waals surface area contributed by atoms with Crippen molar-refractivity contribution in [3.8, 4) is 0 Å². The highest BCUT2D eigenvalue weighted by molar-refractivity contribution is 5.30. The minimum Gasteiger partial charge on any atom is -0.389 e. The van der Waals surface area contributed by atoms with Crippen molar-refractivity contribution >= 4 is 0 Å². The summed E-state index contributed by atoms with van der Waals surface area (Å²) in [6, 6.07) is 6.40. The molecule has 0 amide bonds. The first-order chi connectivity index (χ1) is 7.63. The zero-order valence-corrected chi connectivity index (χ0v) is 10.3. The molecule has 0 bridgehead atoms. The lowest BCUT2D eigenvalue weighted by Gasteiger charge is -2.12. The summed E-state index contributed by atoms with van der Waals surface area (Å²) < 4.78 is 4.86. The van der Waals surface area contributed by atoms with Gasteiger partial charge in [-0.1, -0.05) is 23.8 Å². The van der Waals surface area contributed by atoms with Gasteiger partial charge in [-0.05, 0) is 25.0 Å². The van der Waals surface area contributed by atoms with E-state index in [1.807, 2.05) is 0 Å². The summed E-state index contributed by atoms with van der Waals surface area (Å²) >= 11 is 0. The Labute approximate surface area is 97.4 Å². The van der Waals surface area contributed by atoms with Crippen molar-refractivity contribution in [3.05, 3.63) is 34.9 Å². The largest absolute Gasteiger partial charge is 0.389 e. The third kappa shape index (κ3) is 4.31. The normalized spacial score (nSPS) is 12.8. The van der Waals surface area contributed by atoms with E-state index in [-0.39, 0.29) is 0 Å². The Balaban J connectivity index is 2.37. The number of ether oxygens (including phenoxy) is 1. The van der Waals surface area contributed by atoms with Gasteiger partial charge in [-0.3, -0.25) is 0 Å². The number of benzene rings is 1. The van der Waals surface area contributed by atoms with Gasteiger partial charge in [-0.2, -0.15) is 0 Å². The first-order valence-electron chi connectivity index (χ1n) is 5.57. The Morgan fingerprint density at radius 2 is 2.12 bits per heavy atom. The molecule has 1 unspecified atom stereocenters. The quantitative estimate of drug-likeness (QED) is 0.766. The van der Waals surface area contributed by atoms with Crippen LogP contribution in [0.4, 0.5) is 0 Å². The molecule has 1 rings (SSSR count). The summed E-state index contributed by atoms with van der Waals surface area (Å²) in [5, 5.41) is 12.7. The average Bonchev–Trinajstić information content (AvgIpc) is 2.22. The van der Waals surface area contributed by atoms with Crippen LogP contribution < -0.4 is 5.32 Å². The van der Waals surface area contributed by atoms with E-state index in [0.29, 0.717) is 13.2 Å². The molecule has 0 fully saturated rings. The number of hydrogen-bond donors (Lipinski definition) is 2. The number of nitrogens with one attached hydrogen (secondary N) is 1. The second-order valence-electron chi connectivity index (χ2n) is 4.17. The van der Waals surface area contributed by atoms with E-state index in [9.17, 15) is 5.11 Å². The number of hydrogen-bond acceptors (Lipinski definition) is 3. The van der Waals surface area contributed by atoms with Gasteiger partial charge in [0.1, 0.15) is 0 Å². The van der Waals surface area contributed by atoms with Gasteiger partial charge in [0.2, 0.25) is 0 Å². The van der Waals surface area contributed by atoms with E-state index in [1.54, 1.807) is 7.11 Å². The van der Waals surface area contributed by atoms with Crippen LogP contribution >= 0.6 is 0 Å². The molecule has 3 heteroatoms. The maximum absolute atomic E-state index is 9.45. The van der Waals surface area contributed by atoms with Crippen LogP contribution in [-0.2, 0) is 11.3 Å². The minimum atomic E-state index is -0.434. The van der Waals surface area contributed by atoms with E-state index in [2.05, 4.69) is 37.4 Å². The van der Waals surface area contributed by atoms with Gasteiger partial charge in [0, 0.05) is 20.2 Å². The Morgan fingerprint density at radius 3 is 2.75 bits per heavy atom. The van der Waals surface area contributed by atoms with Crippen LogP contribution in [0.2, 0.25) is 0 Å². The van der Waals surface area contributed by atoms with Crippen molar-refractivity contribution in [2.24, 2.45) is 0 Å². The van der Waals surface area contributed by atoms with Crippen LogP contribution in [0.3, 0.4) is 0 Å². The lowest BCUT2D eigenvalue weighted by molar-refractivity contribution is 0.0644. The van der Waals surface area contributed by atoms with Gasteiger partial charge in [-0.15, -0.1) is 0 Å². The molecule has 0 spiro atoms. The molecular weight excluding hydrogens is 202 g/mol. The third-order valence-electron chi connectivity index (χ3n) is 2.55. The molecule has 0 heterocycles. The molecular formula is C13H21NO2. The molecule has 0 saturated carbocycles. The van der Waals surface area contributed by atoms with Gasteiger partial charge in [0.15, 0.2) is 0 Å². The lowest BCUT2D eigenvalue weighted by atomic mass is 10.1. The van der Waals surface area contributed by atoms with Crippen LogP contribution in [-0.4, -0.2) is 31.5 Å². The molecule has 16 heavy (non-hydrogen) atoms. The molecule has 90 valence electrons. The van der Waals surface area contributed by atoms with Crippen LogP contribution in [0, 0.1) is 13.8 Å². The van der Waals surface area contributed by atoms with Crippen molar-refractivity contribution < 1.29 is 9.84 Å². The highest BCUT2D eigenvalue weighted by Crippen LogP contribution is 2.09. The van der Waals surface area contributed by atoms with E-state index in [4.69, 9.17) is 4.74 Å². The standard InChI is InChI=1S/C13H21NO2/c1-10-4-5-12(11(2)6-10)7-14-8-13(15)9-16-3/h4-6,13-15H,7-9H2,1-3H3. The van der Waals surface area contributed by atoms with E-state index in [0.717, 1.165) is 6.54 Å². The number of aliphatic hydroxyl groups excluding tert-OH is 1. The SMILES string of the molecule is COCC(O)CNCc1ccc(C)cc1C. The van der Waals surface area contributed by atoms with E-state index in [1.165, 1.54) is 16.7 Å². The van der Waals surface area contributed by atoms with Crippen molar-refractivity contribution in [2.45, 2.75) is 26.5 Å². The molecule has 0 radical (unpaired) electrons. The Hall–Kier alpha value is -0.900. The molecule has 1 atom stereocenters. The molecule has 2 N–H and O–H groups in total. The van der Waals surface area contributed by atoms with Crippen LogP contribution in [0.1, 0.15) is 16.7 Å². The van der Waals surface area contributed by atoms with Crippen LogP contribution in [0.25, 0.3) is 0 Å². The van der Waals surface area contributed by atoms with Gasteiger partial charge >= 0.3 is 0 Å². The fourth-order valence-corrected chi connectivity index (χ4v) is 1.67. The molecule has 1 aromatic carbocycles. The molecule has 0 aliphatic heterocycles. The number of aryl methyl sites for hydroxylation is 2.